The van der Waals surface area contributed by atoms with Crippen LogP contribution >= 0.6 is 15.9 Å². The van der Waals surface area contributed by atoms with E-state index in [1.807, 2.05) is 95.8 Å². The van der Waals surface area contributed by atoms with E-state index in [9.17, 15) is 9.59 Å². The van der Waals surface area contributed by atoms with Gasteiger partial charge in [-0.05, 0) is 29.8 Å². The van der Waals surface area contributed by atoms with Crippen molar-refractivity contribution in [3.05, 3.63) is 107 Å². The Labute approximate surface area is 216 Å². The molecule has 1 N–H and O–H groups in total. The fourth-order valence-corrected chi connectivity index (χ4v) is 4.56. The number of carboxylic acid groups (broad SMARTS) is 1. The number of benzene rings is 3. The van der Waals surface area contributed by atoms with Crippen molar-refractivity contribution >= 4 is 33.5 Å². The van der Waals surface area contributed by atoms with Gasteiger partial charge in [-0.2, -0.15) is 10.2 Å². The van der Waals surface area contributed by atoms with Gasteiger partial charge < -0.3 is 5.11 Å². The number of halogens is 1. The number of carboxylic acids is 1. The Morgan fingerprint density at radius 2 is 1.56 bits per heavy atom. The van der Waals surface area contributed by atoms with Gasteiger partial charge in [0.15, 0.2) is 0 Å². The minimum absolute atomic E-state index is 0.129. The summed E-state index contributed by atoms with van der Waals surface area (Å²) in [4.78, 5) is 24.4. The second-order valence-corrected chi connectivity index (χ2v) is 9.40. The molecule has 1 atom stereocenters. The van der Waals surface area contributed by atoms with Gasteiger partial charge in [0.25, 0.3) is 0 Å². The summed E-state index contributed by atoms with van der Waals surface area (Å²) in [7, 11) is 0. The van der Waals surface area contributed by atoms with E-state index >= 15 is 0 Å². The van der Waals surface area contributed by atoms with Crippen LogP contribution in [0.1, 0.15) is 36.4 Å². The van der Waals surface area contributed by atoms with Crippen molar-refractivity contribution in [3.63, 3.8) is 0 Å². The van der Waals surface area contributed by atoms with Gasteiger partial charge in [-0.25, -0.2) is 9.69 Å². The molecule has 1 amide bonds. The van der Waals surface area contributed by atoms with Crippen molar-refractivity contribution in [1.29, 1.82) is 0 Å². The van der Waals surface area contributed by atoms with Crippen LogP contribution in [0.3, 0.4) is 0 Å². The van der Waals surface area contributed by atoms with E-state index in [0.717, 1.165) is 38.3 Å². The maximum atomic E-state index is 13.2. The Bertz CT molecular complexity index is 1420. The second kappa shape index (κ2) is 10.3. The number of carbonyl (C=O) groups excluding carboxylic acids is 1. The molecule has 3 aromatic carbocycles. The van der Waals surface area contributed by atoms with Gasteiger partial charge >= 0.3 is 5.97 Å². The molecule has 1 aliphatic rings. The van der Waals surface area contributed by atoms with Crippen molar-refractivity contribution in [2.75, 3.05) is 0 Å². The quantitative estimate of drug-likeness (QED) is 0.317. The molecule has 0 saturated heterocycles. The Morgan fingerprint density at radius 3 is 2.22 bits per heavy atom. The summed E-state index contributed by atoms with van der Waals surface area (Å²) < 4.78 is 2.76. The summed E-state index contributed by atoms with van der Waals surface area (Å²) in [6, 6.07) is 27.0. The molecule has 36 heavy (non-hydrogen) atoms. The molecule has 2 heterocycles. The van der Waals surface area contributed by atoms with E-state index < -0.39 is 12.0 Å². The van der Waals surface area contributed by atoms with Crippen molar-refractivity contribution in [3.8, 4) is 16.9 Å². The lowest BCUT2D eigenvalue weighted by Crippen LogP contribution is -2.27. The molecule has 8 heteroatoms. The average molecular weight is 543 g/mol. The summed E-state index contributed by atoms with van der Waals surface area (Å²) in [5.74, 6) is -1.35. The molecule has 1 aliphatic heterocycles. The number of para-hydroxylation sites is 1. The third kappa shape index (κ3) is 4.99. The van der Waals surface area contributed by atoms with Crippen molar-refractivity contribution in [2.45, 2.75) is 25.3 Å². The maximum Gasteiger partial charge on any atom is 0.303 e. The van der Waals surface area contributed by atoms with Gasteiger partial charge in [0.2, 0.25) is 5.91 Å². The second-order valence-electron chi connectivity index (χ2n) is 8.48. The van der Waals surface area contributed by atoms with E-state index in [0.29, 0.717) is 6.42 Å². The number of hydrogen-bond donors (Lipinski definition) is 1. The predicted octanol–water partition coefficient (Wildman–Crippen LogP) is 5.84. The number of hydrazone groups is 1. The molecule has 1 aromatic heterocycles. The van der Waals surface area contributed by atoms with Crippen LogP contribution in [0.5, 0.6) is 0 Å². The van der Waals surface area contributed by atoms with Gasteiger partial charge in [-0.15, -0.1) is 0 Å². The Balaban J connectivity index is 1.59. The fraction of sp³-hybridized carbons (Fsp3) is 0.143. The van der Waals surface area contributed by atoms with Crippen LogP contribution in [-0.2, 0) is 9.59 Å². The standard InChI is InChI=1S/C28H23BrN4O3/c29-21-13-11-19(12-14-21)24-17-25(33(30-24)26(34)15-16-27(35)36)23-18-32(22-9-5-2-6-10-22)31-28(23)20-7-3-1-4-8-20/h1-14,18,25H,15-17H2,(H,35,36). The summed E-state index contributed by atoms with van der Waals surface area (Å²) in [6.07, 6.45) is 2.05. The number of nitrogens with zero attached hydrogens (tertiary/aromatic N) is 4. The molecule has 0 bridgehead atoms. The van der Waals surface area contributed by atoms with Crippen molar-refractivity contribution in [2.24, 2.45) is 5.10 Å². The first-order valence-electron chi connectivity index (χ1n) is 11.6. The SMILES string of the molecule is O=C(O)CCC(=O)N1N=C(c2ccc(Br)cc2)CC1c1cn(-c2ccccc2)nc1-c1ccccc1. The summed E-state index contributed by atoms with van der Waals surface area (Å²) in [5.41, 5.74) is 5.11. The van der Waals surface area contributed by atoms with Crippen LogP contribution < -0.4 is 0 Å². The third-order valence-corrected chi connectivity index (χ3v) is 6.59. The Kier molecular flexibility index (Phi) is 6.77. The Morgan fingerprint density at radius 1 is 0.889 bits per heavy atom. The zero-order valence-electron chi connectivity index (χ0n) is 19.3. The number of carbonyl (C=O) groups is 2. The molecule has 0 fully saturated rings. The molecule has 0 radical (unpaired) electrons. The lowest BCUT2D eigenvalue weighted by molar-refractivity contribution is -0.141. The van der Waals surface area contributed by atoms with Crippen LogP contribution in [0.4, 0.5) is 0 Å². The third-order valence-electron chi connectivity index (χ3n) is 6.07. The fourth-order valence-electron chi connectivity index (χ4n) is 4.29. The molecule has 7 nitrogen and oxygen atoms in total. The molecule has 180 valence electrons. The molecule has 0 aliphatic carbocycles. The van der Waals surface area contributed by atoms with Crippen LogP contribution in [-0.4, -0.2) is 37.5 Å². The first kappa shape index (κ1) is 23.7. The van der Waals surface area contributed by atoms with Gasteiger partial charge in [-0.3, -0.25) is 9.59 Å². The van der Waals surface area contributed by atoms with Gasteiger partial charge in [0, 0.05) is 34.6 Å². The van der Waals surface area contributed by atoms with Crippen LogP contribution in [0.25, 0.3) is 16.9 Å². The zero-order valence-corrected chi connectivity index (χ0v) is 20.9. The predicted molar refractivity (Wildman–Crippen MR) is 141 cm³/mol. The highest BCUT2D eigenvalue weighted by Gasteiger charge is 2.36. The van der Waals surface area contributed by atoms with Crippen LogP contribution in [0.15, 0.2) is 101 Å². The monoisotopic (exact) mass is 542 g/mol. The molecular weight excluding hydrogens is 520 g/mol. The molecule has 1 unspecified atom stereocenters. The summed E-state index contributed by atoms with van der Waals surface area (Å²) in [6.45, 7) is 0. The molecule has 4 aromatic rings. The van der Waals surface area contributed by atoms with E-state index in [1.54, 1.807) is 0 Å². The zero-order chi connectivity index (χ0) is 25.1. The van der Waals surface area contributed by atoms with Crippen molar-refractivity contribution < 1.29 is 14.7 Å². The van der Waals surface area contributed by atoms with Crippen molar-refractivity contribution in [1.82, 2.24) is 14.8 Å². The van der Waals surface area contributed by atoms with E-state index in [1.165, 1.54) is 5.01 Å². The van der Waals surface area contributed by atoms with E-state index in [2.05, 4.69) is 15.9 Å². The van der Waals surface area contributed by atoms with Crippen LogP contribution in [0.2, 0.25) is 0 Å². The van der Waals surface area contributed by atoms with Gasteiger partial charge in [0.1, 0.15) is 0 Å². The summed E-state index contributed by atoms with van der Waals surface area (Å²) in [5, 5.41) is 20.2. The lowest BCUT2D eigenvalue weighted by atomic mass is 9.96. The lowest BCUT2D eigenvalue weighted by Gasteiger charge is -2.21. The summed E-state index contributed by atoms with van der Waals surface area (Å²) >= 11 is 3.46. The highest BCUT2D eigenvalue weighted by molar-refractivity contribution is 9.10. The largest absolute Gasteiger partial charge is 0.481 e. The van der Waals surface area contributed by atoms with E-state index in [4.69, 9.17) is 15.3 Å². The van der Waals surface area contributed by atoms with Gasteiger partial charge in [-0.1, -0.05) is 76.6 Å². The smallest absolute Gasteiger partial charge is 0.303 e. The number of aliphatic carboxylic acids is 1. The number of rotatable bonds is 7. The number of amides is 1. The molecule has 0 spiro atoms. The van der Waals surface area contributed by atoms with Gasteiger partial charge in [0.05, 0.1) is 29.6 Å². The first-order chi connectivity index (χ1) is 17.5. The minimum Gasteiger partial charge on any atom is -0.481 e. The van der Waals surface area contributed by atoms with Crippen LogP contribution in [0, 0.1) is 0 Å². The minimum atomic E-state index is -1.02. The molecular formula is C28H23BrN4O3. The molecule has 0 saturated carbocycles. The number of hydrogen-bond acceptors (Lipinski definition) is 4. The average Bonchev–Trinajstić information content (AvgIpc) is 3.54. The number of aromatic nitrogens is 2. The van der Waals surface area contributed by atoms with E-state index in [-0.39, 0.29) is 18.7 Å². The normalized spacial score (nSPS) is 15.1. The highest BCUT2D eigenvalue weighted by atomic mass is 79.9. The topological polar surface area (TPSA) is 87.8 Å². The maximum absolute atomic E-state index is 13.2. The Hall–Kier alpha value is -4.04. The first-order valence-corrected chi connectivity index (χ1v) is 12.4. The highest BCUT2D eigenvalue weighted by Crippen LogP contribution is 2.38. The molecule has 5 rings (SSSR count).